The number of rotatable bonds is 8. The number of aromatic nitrogens is 2. The second-order valence-electron chi connectivity index (χ2n) is 7.31. The molecule has 0 spiro atoms. The molecule has 0 aliphatic heterocycles. The normalized spacial score (nSPS) is 10.3. The Hall–Kier alpha value is -4.79. The molecule has 9 heteroatoms. The van der Waals surface area contributed by atoms with Crippen molar-refractivity contribution < 1.29 is 19.0 Å². The molecule has 0 radical (unpaired) electrons. The van der Waals surface area contributed by atoms with E-state index in [1.165, 1.54) is 7.11 Å². The van der Waals surface area contributed by atoms with E-state index in [2.05, 4.69) is 25.9 Å². The quantitative estimate of drug-likeness (QED) is 0.305. The fourth-order valence-corrected chi connectivity index (χ4v) is 3.33. The first-order valence-electron chi connectivity index (χ1n) is 10.8. The summed E-state index contributed by atoms with van der Waals surface area (Å²) in [4.78, 5) is 21.1. The van der Waals surface area contributed by atoms with Gasteiger partial charge in [-0.25, -0.2) is 14.8 Å². The Morgan fingerprint density at radius 2 is 1.63 bits per heavy atom. The Balaban J connectivity index is 1.44. The highest BCUT2D eigenvalue weighted by molar-refractivity contribution is 6.00. The lowest BCUT2D eigenvalue weighted by Crippen LogP contribution is -2.19. The molecule has 4 aromatic rings. The molecular weight excluding hydrogens is 446 g/mol. The molecule has 4 rings (SSSR count). The first-order chi connectivity index (χ1) is 17.1. The second-order valence-corrected chi connectivity index (χ2v) is 7.31. The molecule has 35 heavy (non-hydrogen) atoms. The van der Waals surface area contributed by atoms with E-state index in [9.17, 15) is 4.79 Å². The Kier molecular flexibility index (Phi) is 7.27. The fraction of sp³-hybridized carbons (Fsp3) is 0.115. The molecule has 0 unspecified atom stereocenters. The number of nitrogens with one attached hydrogen (secondary N) is 3. The van der Waals surface area contributed by atoms with Crippen LogP contribution in [-0.2, 0) is 0 Å². The highest BCUT2D eigenvalue weighted by Crippen LogP contribution is 2.33. The van der Waals surface area contributed by atoms with Gasteiger partial charge in [0.05, 0.1) is 19.9 Å². The summed E-state index contributed by atoms with van der Waals surface area (Å²) < 4.78 is 16.5. The van der Waals surface area contributed by atoms with Gasteiger partial charge in [-0.15, -0.1) is 0 Å². The highest BCUT2D eigenvalue weighted by atomic mass is 16.5. The number of carbonyl (C=O) groups is 1. The number of nitrogens with zero attached hydrogens (tertiary/aromatic N) is 2. The van der Waals surface area contributed by atoms with Crippen molar-refractivity contribution in [1.29, 1.82) is 0 Å². The minimum Gasteiger partial charge on any atom is -0.497 e. The van der Waals surface area contributed by atoms with E-state index in [0.29, 0.717) is 34.5 Å². The molecule has 9 nitrogen and oxygen atoms in total. The van der Waals surface area contributed by atoms with Crippen LogP contribution in [0.1, 0.15) is 0 Å². The van der Waals surface area contributed by atoms with Gasteiger partial charge >= 0.3 is 6.03 Å². The second kappa shape index (κ2) is 10.9. The number of methoxy groups -OCH3 is 2. The summed E-state index contributed by atoms with van der Waals surface area (Å²) in [6.07, 6.45) is 3.40. The summed E-state index contributed by atoms with van der Waals surface area (Å²) in [5.74, 6) is 2.91. The van der Waals surface area contributed by atoms with Gasteiger partial charge in [-0.05, 0) is 66.2 Å². The van der Waals surface area contributed by atoms with Gasteiger partial charge < -0.3 is 30.2 Å². The standard InChI is InChI=1S/C26H25N5O4/c1-27-24-15-17(12-14-28-24)21-5-4-13-29-25(21)35-19-8-6-18(7-9-19)30-26(32)31-22-11-10-20(33-2)16-23(22)34-3/h4-16H,1-3H3,(H,27,28)(H2,30,31,32). The van der Waals surface area contributed by atoms with Crippen LogP contribution in [0.25, 0.3) is 11.1 Å². The number of benzene rings is 2. The predicted molar refractivity (Wildman–Crippen MR) is 136 cm³/mol. The molecule has 0 bridgehead atoms. The Morgan fingerprint density at radius 1 is 0.829 bits per heavy atom. The molecule has 0 aliphatic rings. The van der Waals surface area contributed by atoms with Gasteiger partial charge in [0.25, 0.3) is 0 Å². The minimum absolute atomic E-state index is 0.410. The van der Waals surface area contributed by atoms with Crippen LogP contribution >= 0.6 is 0 Å². The van der Waals surface area contributed by atoms with Crippen LogP contribution in [0.5, 0.6) is 23.1 Å². The van der Waals surface area contributed by atoms with Gasteiger partial charge in [-0.3, -0.25) is 0 Å². The summed E-state index contributed by atoms with van der Waals surface area (Å²) in [6, 6.07) is 19.3. The van der Waals surface area contributed by atoms with Gasteiger partial charge in [-0.1, -0.05) is 0 Å². The molecular formula is C26H25N5O4. The Labute approximate surface area is 203 Å². The van der Waals surface area contributed by atoms with Gasteiger partial charge in [-0.2, -0.15) is 0 Å². The average Bonchev–Trinajstić information content (AvgIpc) is 2.90. The molecule has 2 aromatic carbocycles. The molecule has 0 aliphatic carbocycles. The maximum absolute atomic E-state index is 12.5. The van der Waals surface area contributed by atoms with Crippen LogP contribution in [0, 0.1) is 0 Å². The lowest BCUT2D eigenvalue weighted by atomic mass is 10.1. The van der Waals surface area contributed by atoms with Crippen molar-refractivity contribution in [3.8, 4) is 34.3 Å². The largest absolute Gasteiger partial charge is 0.497 e. The SMILES string of the molecule is CNc1cc(-c2cccnc2Oc2ccc(NC(=O)Nc3ccc(OC)cc3OC)cc2)ccn1. The van der Waals surface area contributed by atoms with E-state index in [1.54, 1.807) is 62.0 Å². The summed E-state index contributed by atoms with van der Waals surface area (Å²) >= 11 is 0. The number of ether oxygens (including phenoxy) is 3. The van der Waals surface area contributed by atoms with Gasteiger partial charge in [0.2, 0.25) is 5.88 Å². The van der Waals surface area contributed by atoms with Crippen LogP contribution in [0.15, 0.2) is 79.1 Å². The van der Waals surface area contributed by atoms with E-state index in [1.807, 2.05) is 31.3 Å². The third-order valence-electron chi connectivity index (χ3n) is 5.08. The van der Waals surface area contributed by atoms with Gasteiger partial charge in [0, 0.05) is 36.8 Å². The van der Waals surface area contributed by atoms with Crippen molar-refractivity contribution in [3.05, 3.63) is 79.1 Å². The van der Waals surface area contributed by atoms with Crippen molar-refractivity contribution in [2.24, 2.45) is 0 Å². The first kappa shape index (κ1) is 23.4. The molecule has 2 heterocycles. The third-order valence-corrected chi connectivity index (χ3v) is 5.08. The zero-order chi connectivity index (χ0) is 24.6. The fourth-order valence-electron chi connectivity index (χ4n) is 3.33. The molecule has 178 valence electrons. The van der Waals surface area contributed by atoms with Crippen molar-refractivity contribution in [3.63, 3.8) is 0 Å². The smallest absolute Gasteiger partial charge is 0.323 e. The Morgan fingerprint density at radius 3 is 2.37 bits per heavy atom. The zero-order valence-corrected chi connectivity index (χ0v) is 19.5. The summed E-state index contributed by atoms with van der Waals surface area (Å²) in [6.45, 7) is 0. The first-order valence-corrected chi connectivity index (χ1v) is 10.8. The van der Waals surface area contributed by atoms with Crippen molar-refractivity contribution >= 4 is 23.2 Å². The number of amides is 2. The number of anilines is 3. The number of hydrogen-bond donors (Lipinski definition) is 3. The lowest BCUT2D eigenvalue weighted by molar-refractivity contribution is 0.262. The molecule has 2 aromatic heterocycles. The number of pyridine rings is 2. The van der Waals surface area contributed by atoms with E-state index < -0.39 is 6.03 Å². The van der Waals surface area contributed by atoms with Crippen molar-refractivity contribution in [2.45, 2.75) is 0 Å². The monoisotopic (exact) mass is 471 g/mol. The third kappa shape index (κ3) is 5.77. The van der Waals surface area contributed by atoms with E-state index in [0.717, 1.165) is 16.9 Å². The zero-order valence-electron chi connectivity index (χ0n) is 19.5. The molecule has 0 atom stereocenters. The van der Waals surface area contributed by atoms with E-state index in [4.69, 9.17) is 14.2 Å². The van der Waals surface area contributed by atoms with Crippen LogP contribution in [-0.4, -0.2) is 37.3 Å². The maximum Gasteiger partial charge on any atom is 0.323 e. The van der Waals surface area contributed by atoms with Gasteiger partial charge in [0.1, 0.15) is 23.1 Å². The summed E-state index contributed by atoms with van der Waals surface area (Å²) in [5.41, 5.74) is 2.88. The number of carbonyl (C=O) groups excluding carboxylic acids is 1. The molecule has 2 amide bonds. The molecule has 0 fully saturated rings. The van der Waals surface area contributed by atoms with Crippen LogP contribution in [0.4, 0.5) is 22.0 Å². The van der Waals surface area contributed by atoms with Crippen LogP contribution in [0.3, 0.4) is 0 Å². The average molecular weight is 472 g/mol. The number of urea groups is 1. The maximum atomic E-state index is 12.5. The van der Waals surface area contributed by atoms with Crippen molar-refractivity contribution in [1.82, 2.24) is 9.97 Å². The molecule has 0 saturated carbocycles. The predicted octanol–water partition coefficient (Wildman–Crippen LogP) is 5.64. The van der Waals surface area contributed by atoms with Crippen LogP contribution in [0.2, 0.25) is 0 Å². The van der Waals surface area contributed by atoms with Crippen molar-refractivity contribution in [2.75, 3.05) is 37.2 Å². The van der Waals surface area contributed by atoms with E-state index >= 15 is 0 Å². The minimum atomic E-state index is -0.410. The summed E-state index contributed by atoms with van der Waals surface area (Å²) in [7, 11) is 4.91. The summed E-state index contributed by atoms with van der Waals surface area (Å²) in [5, 5.41) is 8.59. The molecule has 3 N–H and O–H groups in total. The number of hydrogen-bond acceptors (Lipinski definition) is 7. The van der Waals surface area contributed by atoms with Gasteiger partial charge in [0.15, 0.2) is 0 Å². The lowest BCUT2D eigenvalue weighted by Gasteiger charge is -2.13. The topological polar surface area (TPSA) is 107 Å². The Bertz CT molecular complexity index is 1310. The van der Waals surface area contributed by atoms with Crippen LogP contribution < -0.4 is 30.2 Å². The highest BCUT2D eigenvalue weighted by Gasteiger charge is 2.11. The van der Waals surface area contributed by atoms with E-state index in [-0.39, 0.29) is 0 Å². The molecule has 0 saturated heterocycles.